The monoisotopic (exact) mass is 494 g/mol. The van der Waals surface area contributed by atoms with E-state index in [2.05, 4.69) is 11.8 Å². The molecular formula is C28H34N2O6. The number of benzene rings is 2. The smallest absolute Gasteiger partial charge is 0.295 e. The van der Waals surface area contributed by atoms with Gasteiger partial charge >= 0.3 is 0 Å². The van der Waals surface area contributed by atoms with Crippen LogP contribution >= 0.6 is 0 Å². The average Bonchev–Trinajstić information content (AvgIpc) is 3.15. The molecule has 2 heterocycles. The fraction of sp³-hybridized carbons (Fsp3) is 0.429. The Hall–Kier alpha value is -3.36. The van der Waals surface area contributed by atoms with Gasteiger partial charge in [0.25, 0.3) is 11.7 Å². The molecule has 2 aromatic rings. The number of likely N-dealkylation sites (tertiary alicyclic amines) is 1. The third-order valence-corrected chi connectivity index (χ3v) is 6.62. The SMILES string of the molecule is CCCCOc1ccc(/C(O)=C2\C(=O)C(=O)N(CCCN3CCOCC3)[C@@H]2c2ccc(O)cc2)cc1. The molecule has 0 radical (unpaired) electrons. The second-order valence-electron chi connectivity index (χ2n) is 9.12. The topological polar surface area (TPSA) is 99.5 Å². The van der Waals surface area contributed by atoms with Crippen LogP contribution in [0, 0.1) is 0 Å². The van der Waals surface area contributed by atoms with E-state index in [9.17, 15) is 19.8 Å². The van der Waals surface area contributed by atoms with Crippen molar-refractivity contribution in [3.8, 4) is 11.5 Å². The van der Waals surface area contributed by atoms with E-state index in [4.69, 9.17) is 9.47 Å². The molecule has 0 saturated carbocycles. The lowest BCUT2D eigenvalue weighted by Gasteiger charge is -2.29. The number of hydrogen-bond donors (Lipinski definition) is 2. The van der Waals surface area contributed by atoms with Gasteiger partial charge in [0, 0.05) is 31.7 Å². The number of aliphatic hydroxyl groups excluding tert-OH is 1. The molecule has 2 N–H and O–H groups in total. The number of aliphatic hydroxyl groups is 1. The van der Waals surface area contributed by atoms with E-state index in [1.807, 2.05) is 0 Å². The maximum Gasteiger partial charge on any atom is 0.295 e. The molecule has 4 rings (SSSR count). The molecule has 1 atom stereocenters. The number of nitrogens with zero attached hydrogens (tertiary/aromatic N) is 2. The first kappa shape index (κ1) is 25.7. The number of carbonyl (C=O) groups excluding carboxylic acids is 2. The quantitative estimate of drug-likeness (QED) is 0.225. The summed E-state index contributed by atoms with van der Waals surface area (Å²) in [7, 11) is 0. The second-order valence-corrected chi connectivity index (χ2v) is 9.12. The summed E-state index contributed by atoms with van der Waals surface area (Å²) >= 11 is 0. The summed E-state index contributed by atoms with van der Waals surface area (Å²) in [5.74, 6) is -0.793. The lowest BCUT2D eigenvalue weighted by Crippen LogP contribution is -2.38. The maximum atomic E-state index is 13.2. The van der Waals surface area contributed by atoms with Gasteiger partial charge in [0.2, 0.25) is 0 Å². The minimum absolute atomic E-state index is 0.0525. The van der Waals surface area contributed by atoms with Gasteiger partial charge in [-0.05, 0) is 54.8 Å². The Morgan fingerprint density at radius 3 is 2.36 bits per heavy atom. The lowest BCUT2D eigenvalue weighted by atomic mass is 9.95. The fourth-order valence-electron chi connectivity index (χ4n) is 4.60. The number of rotatable bonds is 10. The van der Waals surface area contributed by atoms with E-state index >= 15 is 0 Å². The molecule has 192 valence electrons. The van der Waals surface area contributed by atoms with E-state index in [1.54, 1.807) is 36.4 Å². The van der Waals surface area contributed by atoms with Crippen LogP contribution in [0.25, 0.3) is 5.76 Å². The van der Waals surface area contributed by atoms with Gasteiger partial charge in [0.15, 0.2) is 0 Å². The molecule has 0 bridgehead atoms. The van der Waals surface area contributed by atoms with Crippen LogP contribution in [0.15, 0.2) is 54.1 Å². The normalized spacial score (nSPS) is 20.1. The van der Waals surface area contributed by atoms with Crippen LogP contribution in [0.1, 0.15) is 43.4 Å². The zero-order valence-corrected chi connectivity index (χ0v) is 20.7. The molecule has 2 aromatic carbocycles. The highest BCUT2D eigenvalue weighted by Crippen LogP contribution is 2.40. The highest BCUT2D eigenvalue weighted by Gasteiger charge is 2.45. The number of hydrogen-bond acceptors (Lipinski definition) is 7. The molecule has 0 unspecified atom stereocenters. The first-order valence-electron chi connectivity index (χ1n) is 12.6. The van der Waals surface area contributed by atoms with Crippen molar-refractivity contribution in [2.75, 3.05) is 46.0 Å². The van der Waals surface area contributed by atoms with Crippen LogP contribution in [-0.4, -0.2) is 77.7 Å². The van der Waals surface area contributed by atoms with Crippen LogP contribution < -0.4 is 4.74 Å². The van der Waals surface area contributed by atoms with Gasteiger partial charge in [-0.1, -0.05) is 25.5 Å². The molecule has 36 heavy (non-hydrogen) atoms. The summed E-state index contributed by atoms with van der Waals surface area (Å²) in [6.45, 7) is 6.94. The number of unbranched alkanes of at least 4 members (excludes halogenated alkanes) is 1. The molecule has 0 spiro atoms. The number of morpholine rings is 1. The molecule has 8 nitrogen and oxygen atoms in total. The lowest BCUT2D eigenvalue weighted by molar-refractivity contribution is -0.140. The highest BCUT2D eigenvalue weighted by atomic mass is 16.5. The van der Waals surface area contributed by atoms with Crippen LogP contribution in [0.2, 0.25) is 0 Å². The van der Waals surface area contributed by atoms with E-state index in [0.717, 1.165) is 32.5 Å². The van der Waals surface area contributed by atoms with E-state index in [0.29, 0.717) is 49.7 Å². The van der Waals surface area contributed by atoms with Crippen molar-refractivity contribution in [2.45, 2.75) is 32.2 Å². The molecule has 0 aromatic heterocycles. The third kappa shape index (κ3) is 5.88. The fourth-order valence-corrected chi connectivity index (χ4v) is 4.60. The van der Waals surface area contributed by atoms with Gasteiger partial charge in [0.1, 0.15) is 17.3 Å². The Bertz CT molecular complexity index is 1070. The number of phenols is 1. The Balaban J connectivity index is 1.60. The number of ketones is 1. The zero-order chi connectivity index (χ0) is 25.5. The van der Waals surface area contributed by atoms with E-state index in [-0.39, 0.29) is 17.1 Å². The first-order chi connectivity index (χ1) is 17.5. The Kier molecular flexibility index (Phi) is 8.61. The van der Waals surface area contributed by atoms with E-state index in [1.165, 1.54) is 17.0 Å². The number of aromatic hydroxyl groups is 1. The minimum Gasteiger partial charge on any atom is -0.508 e. The standard InChI is InChI=1S/C28H34N2O6/c1-2-3-17-36-23-11-7-21(8-12-23)26(32)24-25(20-5-9-22(31)10-6-20)30(28(34)27(24)33)14-4-13-29-15-18-35-19-16-29/h5-12,25,31-32H,2-4,13-19H2,1H3/b26-24+/t25-/m1/s1. The predicted octanol–water partition coefficient (Wildman–Crippen LogP) is 3.72. The largest absolute Gasteiger partial charge is 0.508 e. The summed E-state index contributed by atoms with van der Waals surface area (Å²) in [4.78, 5) is 30.1. The molecular weight excluding hydrogens is 460 g/mol. The second kappa shape index (κ2) is 12.1. The number of carbonyl (C=O) groups is 2. The number of ether oxygens (including phenoxy) is 2. The highest BCUT2D eigenvalue weighted by molar-refractivity contribution is 6.46. The van der Waals surface area contributed by atoms with Crippen molar-refractivity contribution in [3.05, 3.63) is 65.2 Å². The molecule has 8 heteroatoms. The Labute approximate surface area is 211 Å². The van der Waals surface area contributed by atoms with Crippen LogP contribution in [0.5, 0.6) is 11.5 Å². The van der Waals surface area contributed by atoms with E-state index < -0.39 is 17.7 Å². The molecule has 1 amide bonds. The summed E-state index contributed by atoms with van der Waals surface area (Å²) in [5.41, 5.74) is 1.14. The van der Waals surface area contributed by atoms with Crippen molar-refractivity contribution >= 4 is 17.4 Å². The summed E-state index contributed by atoms with van der Waals surface area (Å²) < 4.78 is 11.1. The number of Topliss-reactive ketones (excluding diaryl/α,β-unsaturated/α-hetero) is 1. The van der Waals surface area contributed by atoms with Crippen molar-refractivity contribution < 1.29 is 29.3 Å². The van der Waals surface area contributed by atoms with Crippen LogP contribution in [0.3, 0.4) is 0 Å². The van der Waals surface area contributed by atoms with Gasteiger partial charge in [-0.2, -0.15) is 0 Å². The van der Waals surface area contributed by atoms with Crippen LogP contribution in [-0.2, 0) is 14.3 Å². The zero-order valence-electron chi connectivity index (χ0n) is 20.7. The Morgan fingerprint density at radius 1 is 1.00 bits per heavy atom. The third-order valence-electron chi connectivity index (χ3n) is 6.62. The maximum absolute atomic E-state index is 13.2. The average molecular weight is 495 g/mol. The van der Waals surface area contributed by atoms with Crippen molar-refractivity contribution in [3.63, 3.8) is 0 Å². The van der Waals surface area contributed by atoms with Crippen molar-refractivity contribution in [1.82, 2.24) is 9.80 Å². The molecule has 2 aliphatic heterocycles. The summed E-state index contributed by atoms with van der Waals surface area (Å²) in [6.07, 6.45) is 2.66. The summed E-state index contributed by atoms with van der Waals surface area (Å²) in [6, 6.07) is 12.5. The van der Waals surface area contributed by atoms with Gasteiger partial charge in [-0.3, -0.25) is 14.5 Å². The minimum atomic E-state index is -0.740. The Morgan fingerprint density at radius 2 is 1.69 bits per heavy atom. The number of amides is 1. The van der Waals surface area contributed by atoms with Crippen LogP contribution in [0.4, 0.5) is 0 Å². The van der Waals surface area contributed by atoms with Gasteiger partial charge in [-0.15, -0.1) is 0 Å². The molecule has 2 fully saturated rings. The van der Waals surface area contributed by atoms with Gasteiger partial charge in [0.05, 0.1) is 31.4 Å². The first-order valence-corrected chi connectivity index (χ1v) is 12.6. The summed E-state index contributed by atoms with van der Waals surface area (Å²) in [5, 5.41) is 21.0. The van der Waals surface area contributed by atoms with Gasteiger partial charge < -0.3 is 24.6 Å². The van der Waals surface area contributed by atoms with Crippen molar-refractivity contribution in [2.24, 2.45) is 0 Å². The molecule has 0 aliphatic carbocycles. The molecule has 2 aliphatic rings. The predicted molar refractivity (Wildman–Crippen MR) is 136 cm³/mol. The number of phenolic OH excluding ortho intramolecular Hbond substituents is 1. The van der Waals surface area contributed by atoms with Crippen molar-refractivity contribution in [1.29, 1.82) is 0 Å². The van der Waals surface area contributed by atoms with Gasteiger partial charge in [-0.25, -0.2) is 0 Å². The molecule has 2 saturated heterocycles.